The van der Waals surface area contributed by atoms with Crippen LogP contribution >= 0.6 is 23.2 Å². The lowest BCUT2D eigenvalue weighted by Gasteiger charge is -2.34. The molecule has 0 bridgehead atoms. The molecule has 1 aliphatic heterocycles. The number of benzene rings is 2. The Morgan fingerprint density at radius 2 is 1.88 bits per heavy atom. The van der Waals surface area contributed by atoms with E-state index in [1.165, 1.54) is 41.4 Å². The van der Waals surface area contributed by atoms with Gasteiger partial charge < -0.3 is 10.2 Å². The number of rotatable bonds is 6. The second kappa shape index (κ2) is 10.8. The Bertz CT molecular complexity index is 1230. The van der Waals surface area contributed by atoms with Crippen LogP contribution in [-0.2, 0) is 4.79 Å². The van der Waals surface area contributed by atoms with Crippen LogP contribution < -0.4 is 10.2 Å². The van der Waals surface area contributed by atoms with E-state index in [2.05, 4.69) is 10.3 Å². The van der Waals surface area contributed by atoms with Crippen molar-refractivity contribution in [2.24, 2.45) is 0 Å². The monoisotopic (exact) mass is 498 g/mol. The van der Waals surface area contributed by atoms with Crippen molar-refractivity contribution >= 4 is 52.5 Å². The third-order valence-corrected chi connectivity index (χ3v) is 5.79. The molecule has 2 amide bonds. The fourth-order valence-electron chi connectivity index (χ4n) is 3.62. The molecule has 6 nitrogen and oxygen atoms in total. The number of pyridine rings is 1. The highest BCUT2D eigenvalue weighted by atomic mass is 35.5. The number of hydrogen-bond acceptors (Lipinski definition) is 4. The van der Waals surface area contributed by atoms with Gasteiger partial charge in [0.2, 0.25) is 5.91 Å². The van der Waals surface area contributed by atoms with Gasteiger partial charge in [0.1, 0.15) is 11.0 Å². The number of carbonyl (C=O) groups is 2. The fourth-order valence-corrected chi connectivity index (χ4v) is 3.92. The van der Waals surface area contributed by atoms with E-state index >= 15 is 0 Å². The Morgan fingerprint density at radius 3 is 2.62 bits per heavy atom. The van der Waals surface area contributed by atoms with Gasteiger partial charge in [0.15, 0.2) is 0 Å². The summed E-state index contributed by atoms with van der Waals surface area (Å²) >= 11 is 11.8. The van der Waals surface area contributed by atoms with Crippen molar-refractivity contribution in [2.75, 3.05) is 36.4 Å². The van der Waals surface area contributed by atoms with Crippen LogP contribution in [0.15, 0.2) is 66.9 Å². The normalized spacial score (nSPS) is 14.6. The standard InChI is InChI=1S/C25H21Cl2FN4O2/c26-19-5-3-17(4-6-19)2-1-11-31-12-13-32(24(33)16-31)22-15-20(28)7-8-21(22)30-25(34)18-9-10-29-23(27)14-18/h1-10,14-15H,11-13,16H2,(H,30,34)/b2-1+. The van der Waals surface area contributed by atoms with E-state index in [0.29, 0.717) is 41.6 Å². The number of halogens is 3. The van der Waals surface area contributed by atoms with Crippen molar-refractivity contribution in [3.8, 4) is 0 Å². The molecule has 174 valence electrons. The molecule has 0 radical (unpaired) electrons. The first-order chi connectivity index (χ1) is 16.4. The van der Waals surface area contributed by atoms with Crippen molar-refractivity contribution in [1.82, 2.24) is 9.88 Å². The smallest absolute Gasteiger partial charge is 0.255 e. The Labute approximate surface area is 206 Å². The number of nitrogens with zero attached hydrogens (tertiary/aromatic N) is 3. The molecule has 1 saturated heterocycles. The maximum Gasteiger partial charge on any atom is 0.255 e. The summed E-state index contributed by atoms with van der Waals surface area (Å²) in [6, 6.07) is 14.4. The number of aromatic nitrogens is 1. The molecule has 0 spiro atoms. The molecular formula is C25H21Cl2FN4O2. The van der Waals surface area contributed by atoms with Gasteiger partial charge in [0, 0.05) is 36.4 Å². The average molecular weight is 499 g/mol. The molecule has 3 aromatic rings. The molecule has 2 aromatic carbocycles. The zero-order chi connectivity index (χ0) is 24.1. The van der Waals surface area contributed by atoms with Crippen LogP contribution in [-0.4, -0.2) is 47.9 Å². The summed E-state index contributed by atoms with van der Waals surface area (Å²) in [4.78, 5) is 32.9. The number of carbonyl (C=O) groups excluding carboxylic acids is 2. The van der Waals surface area contributed by atoms with E-state index in [1.54, 1.807) is 0 Å². The van der Waals surface area contributed by atoms with Gasteiger partial charge in [-0.1, -0.05) is 47.5 Å². The van der Waals surface area contributed by atoms with Gasteiger partial charge in [-0.15, -0.1) is 0 Å². The van der Waals surface area contributed by atoms with Gasteiger partial charge in [0.25, 0.3) is 5.91 Å². The fraction of sp³-hybridized carbons (Fsp3) is 0.160. The zero-order valence-corrected chi connectivity index (χ0v) is 19.6. The number of piperazine rings is 1. The topological polar surface area (TPSA) is 65.5 Å². The molecular weight excluding hydrogens is 478 g/mol. The molecule has 4 rings (SSSR count). The first-order valence-corrected chi connectivity index (χ1v) is 11.3. The average Bonchev–Trinajstić information content (AvgIpc) is 2.82. The van der Waals surface area contributed by atoms with Crippen molar-refractivity contribution in [3.63, 3.8) is 0 Å². The van der Waals surface area contributed by atoms with Gasteiger partial charge in [-0.25, -0.2) is 9.37 Å². The zero-order valence-electron chi connectivity index (χ0n) is 18.0. The lowest BCUT2D eigenvalue weighted by Crippen LogP contribution is -2.50. The molecule has 2 heterocycles. The Morgan fingerprint density at radius 1 is 1.09 bits per heavy atom. The van der Waals surface area contributed by atoms with Crippen molar-refractivity contribution in [2.45, 2.75) is 0 Å². The quantitative estimate of drug-likeness (QED) is 0.477. The predicted molar refractivity (Wildman–Crippen MR) is 133 cm³/mol. The molecule has 9 heteroatoms. The van der Waals surface area contributed by atoms with E-state index in [0.717, 1.165) is 5.56 Å². The summed E-state index contributed by atoms with van der Waals surface area (Å²) in [7, 11) is 0. The molecule has 1 aromatic heterocycles. The second-order valence-electron chi connectivity index (χ2n) is 7.72. The lowest BCUT2D eigenvalue weighted by atomic mass is 10.1. The molecule has 1 aliphatic rings. The largest absolute Gasteiger partial charge is 0.320 e. The van der Waals surface area contributed by atoms with Crippen molar-refractivity contribution in [3.05, 3.63) is 94.0 Å². The van der Waals surface area contributed by atoms with Crippen LogP contribution in [0.2, 0.25) is 10.2 Å². The third-order valence-electron chi connectivity index (χ3n) is 5.33. The Hall–Kier alpha value is -3.26. The summed E-state index contributed by atoms with van der Waals surface area (Å²) in [6.07, 6.45) is 5.38. The highest BCUT2D eigenvalue weighted by molar-refractivity contribution is 6.30. The second-order valence-corrected chi connectivity index (χ2v) is 8.54. The minimum atomic E-state index is -0.499. The van der Waals surface area contributed by atoms with Crippen molar-refractivity contribution < 1.29 is 14.0 Å². The molecule has 0 saturated carbocycles. The molecule has 0 unspecified atom stereocenters. The maximum absolute atomic E-state index is 14.1. The number of amides is 2. The summed E-state index contributed by atoms with van der Waals surface area (Å²) in [5.74, 6) is -1.11. The highest BCUT2D eigenvalue weighted by Crippen LogP contribution is 2.29. The van der Waals surface area contributed by atoms with Crippen LogP contribution in [0.3, 0.4) is 0 Å². The molecule has 1 fully saturated rings. The molecule has 1 N–H and O–H groups in total. The summed E-state index contributed by atoms with van der Waals surface area (Å²) in [5.41, 5.74) is 1.97. The van der Waals surface area contributed by atoms with Crippen LogP contribution in [0, 0.1) is 5.82 Å². The van der Waals surface area contributed by atoms with Crippen LogP contribution in [0.5, 0.6) is 0 Å². The first kappa shape index (κ1) is 23.9. The van der Waals surface area contributed by atoms with E-state index < -0.39 is 11.7 Å². The lowest BCUT2D eigenvalue weighted by molar-refractivity contribution is -0.121. The van der Waals surface area contributed by atoms with Crippen LogP contribution in [0.4, 0.5) is 15.8 Å². The van der Waals surface area contributed by atoms with Gasteiger partial charge >= 0.3 is 0 Å². The van der Waals surface area contributed by atoms with E-state index in [4.69, 9.17) is 23.2 Å². The SMILES string of the molecule is O=C(Nc1ccc(F)cc1N1CCN(C/C=C/c2ccc(Cl)cc2)CC1=O)c1ccnc(Cl)c1. The molecule has 0 aliphatic carbocycles. The highest BCUT2D eigenvalue weighted by Gasteiger charge is 2.27. The van der Waals surface area contributed by atoms with Gasteiger partial charge in [-0.05, 0) is 48.0 Å². The molecule has 34 heavy (non-hydrogen) atoms. The van der Waals surface area contributed by atoms with Crippen molar-refractivity contribution in [1.29, 1.82) is 0 Å². The Kier molecular flexibility index (Phi) is 7.57. The third kappa shape index (κ3) is 5.99. The summed E-state index contributed by atoms with van der Waals surface area (Å²) in [5, 5.41) is 3.61. The van der Waals surface area contributed by atoms with E-state index in [-0.39, 0.29) is 17.6 Å². The maximum atomic E-state index is 14.1. The summed E-state index contributed by atoms with van der Waals surface area (Å²) < 4.78 is 14.1. The predicted octanol–water partition coefficient (Wildman–Crippen LogP) is 5.14. The van der Waals surface area contributed by atoms with Gasteiger partial charge in [0.05, 0.1) is 17.9 Å². The number of anilines is 2. The van der Waals surface area contributed by atoms with E-state index in [9.17, 15) is 14.0 Å². The van der Waals surface area contributed by atoms with E-state index in [1.807, 2.05) is 41.3 Å². The minimum Gasteiger partial charge on any atom is -0.320 e. The number of nitrogens with one attached hydrogen (secondary N) is 1. The summed E-state index contributed by atoms with van der Waals surface area (Å²) in [6.45, 7) is 1.73. The minimum absolute atomic E-state index is 0.175. The van der Waals surface area contributed by atoms with Gasteiger partial charge in [-0.2, -0.15) is 0 Å². The number of hydrogen-bond donors (Lipinski definition) is 1. The molecule has 0 atom stereocenters. The Balaban J connectivity index is 1.43. The van der Waals surface area contributed by atoms with Crippen LogP contribution in [0.1, 0.15) is 15.9 Å². The van der Waals surface area contributed by atoms with Gasteiger partial charge in [-0.3, -0.25) is 14.5 Å². The first-order valence-electron chi connectivity index (χ1n) is 10.6. The van der Waals surface area contributed by atoms with Crippen LogP contribution in [0.25, 0.3) is 6.08 Å².